The summed E-state index contributed by atoms with van der Waals surface area (Å²) in [5.41, 5.74) is 1.01. The summed E-state index contributed by atoms with van der Waals surface area (Å²) in [5, 5.41) is 9.23. The molecule has 140 valence electrons. The fourth-order valence-electron chi connectivity index (χ4n) is 4.09. The molecule has 1 heterocycles. The molecule has 1 aromatic rings. The molecule has 0 bridgehead atoms. The van der Waals surface area contributed by atoms with Gasteiger partial charge in [0.2, 0.25) is 5.91 Å². The summed E-state index contributed by atoms with van der Waals surface area (Å²) in [4.78, 5) is 37.7. The number of ether oxygens (including phenoxy) is 1. The highest BCUT2D eigenvalue weighted by Gasteiger charge is 2.41. The molecule has 2 fully saturated rings. The van der Waals surface area contributed by atoms with E-state index in [1.807, 2.05) is 30.3 Å². The van der Waals surface area contributed by atoms with E-state index in [9.17, 15) is 19.5 Å². The lowest BCUT2D eigenvalue weighted by molar-refractivity contribution is -0.144. The van der Waals surface area contributed by atoms with Crippen LogP contribution in [-0.4, -0.2) is 40.6 Å². The quantitative estimate of drug-likeness (QED) is 0.808. The fourth-order valence-corrected chi connectivity index (χ4v) is 4.09. The largest absolute Gasteiger partial charge is 0.481 e. The molecular formula is C20H25NO5. The van der Waals surface area contributed by atoms with E-state index < -0.39 is 23.9 Å². The van der Waals surface area contributed by atoms with Crippen molar-refractivity contribution in [3.63, 3.8) is 0 Å². The molecule has 2 aliphatic rings. The third kappa shape index (κ3) is 4.42. The summed E-state index contributed by atoms with van der Waals surface area (Å²) < 4.78 is 5.12. The number of carboxylic acids is 1. The van der Waals surface area contributed by atoms with Crippen molar-refractivity contribution in [2.75, 3.05) is 6.61 Å². The second-order valence-electron chi connectivity index (χ2n) is 7.31. The van der Waals surface area contributed by atoms with E-state index in [0.29, 0.717) is 18.8 Å². The maximum atomic E-state index is 13.0. The van der Waals surface area contributed by atoms with Crippen molar-refractivity contribution in [2.24, 2.45) is 11.8 Å². The second kappa shape index (κ2) is 8.34. The summed E-state index contributed by atoms with van der Waals surface area (Å²) >= 11 is 0. The van der Waals surface area contributed by atoms with E-state index in [1.165, 1.54) is 0 Å². The highest BCUT2D eigenvalue weighted by molar-refractivity contribution is 5.96. The Labute approximate surface area is 153 Å². The summed E-state index contributed by atoms with van der Waals surface area (Å²) in [6.45, 7) is 0.155. The first-order chi connectivity index (χ1) is 12.5. The Morgan fingerprint density at radius 1 is 1.19 bits per heavy atom. The Morgan fingerprint density at radius 3 is 2.54 bits per heavy atom. The summed E-state index contributed by atoms with van der Waals surface area (Å²) in [7, 11) is 0. The van der Waals surface area contributed by atoms with Gasteiger partial charge in [-0.1, -0.05) is 56.0 Å². The first-order valence-electron chi connectivity index (χ1n) is 9.30. The van der Waals surface area contributed by atoms with Gasteiger partial charge in [-0.15, -0.1) is 0 Å². The average molecular weight is 359 g/mol. The van der Waals surface area contributed by atoms with Gasteiger partial charge in [0.1, 0.15) is 6.61 Å². The van der Waals surface area contributed by atoms with Gasteiger partial charge in [-0.2, -0.15) is 0 Å². The Kier molecular flexibility index (Phi) is 5.91. The Morgan fingerprint density at radius 2 is 1.88 bits per heavy atom. The van der Waals surface area contributed by atoms with Crippen LogP contribution in [0, 0.1) is 11.8 Å². The normalized spacial score (nSPS) is 21.6. The number of amides is 2. The number of imide groups is 1. The molecule has 6 nitrogen and oxygen atoms in total. The lowest BCUT2D eigenvalue weighted by atomic mass is 9.89. The van der Waals surface area contributed by atoms with Gasteiger partial charge in [0.25, 0.3) is 0 Å². The third-order valence-electron chi connectivity index (χ3n) is 5.38. The molecule has 1 saturated carbocycles. The molecule has 1 aromatic carbocycles. The minimum Gasteiger partial charge on any atom is -0.481 e. The second-order valence-corrected chi connectivity index (χ2v) is 7.31. The van der Waals surface area contributed by atoms with Crippen molar-refractivity contribution >= 4 is 18.0 Å². The van der Waals surface area contributed by atoms with Crippen molar-refractivity contribution < 1.29 is 24.2 Å². The van der Waals surface area contributed by atoms with Crippen LogP contribution >= 0.6 is 0 Å². The van der Waals surface area contributed by atoms with Gasteiger partial charge in [-0.3, -0.25) is 9.59 Å². The minimum absolute atomic E-state index is 0.155. The first-order valence-corrected chi connectivity index (χ1v) is 9.30. The molecule has 2 atom stereocenters. The monoisotopic (exact) mass is 359 g/mol. The van der Waals surface area contributed by atoms with Crippen LogP contribution in [0.5, 0.6) is 0 Å². The summed E-state index contributed by atoms with van der Waals surface area (Å²) in [5.74, 6) is -1.70. The molecule has 1 aliphatic heterocycles. The van der Waals surface area contributed by atoms with Crippen LogP contribution in [0.1, 0.15) is 44.1 Å². The van der Waals surface area contributed by atoms with Gasteiger partial charge >= 0.3 is 12.1 Å². The Bertz CT molecular complexity index is 653. The number of aliphatic carboxylic acids is 1. The third-order valence-corrected chi connectivity index (χ3v) is 5.38. The molecule has 2 amide bonds. The van der Waals surface area contributed by atoms with E-state index >= 15 is 0 Å². The van der Waals surface area contributed by atoms with Crippen molar-refractivity contribution in [1.82, 2.24) is 4.90 Å². The van der Waals surface area contributed by atoms with Crippen LogP contribution in [0.3, 0.4) is 0 Å². The molecule has 0 spiro atoms. The average Bonchev–Trinajstić information content (AvgIpc) is 3.24. The van der Waals surface area contributed by atoms with E-state index in [1.54, 1.807) is 0 Å². The standard InChI is InChI=1S/C20H25NO5/c22-18(23)12-16(10-14-8-4-5-9-14)19(24)21-17(13-26-20(21)25)11-15-6-2-1-3-7-15/h1-3,6-7,14,16-17H,4-5,8-13H2,(H,22,23). The van der Waals surface area contributed by atoms with Gasteiger partial charge in [0, 0.05) is 5.92 Å². The molecule has 1 aliphatic carbocycles. The van der Waals surface area contributed by atoms with Crippen LogP contribution in [-0.2, 0) is 20.7 Å². The highest BCUT2D eigenvalue weighted by Crippen LogP contribution is 2.33. The van der Waals surface area contributed by atoms with Gasteiger partial charge in [-0.25, -0.2) is 9.69 Å². The predicted molar refractivity (Wildman–Crippen MR) is 94.4 cm³/mol. The zero-order valence-corrected chi connectivity index (χ0v) is 14.8. The van der Waals surface area contributed by atoms with E-state index in [2.05, 4.69) is 0 Å². The van der Waals surface area contributed by atoms with E-state index in [-0.39, 0.29) is 19.1 Å². The Hall–Kier alpha value is -2.37. The number of cyclic esters (lactones) is 1. The number of carbonyl (C=O) groups is 3. The molecule has 2 unspecified atom stereocenters. The van der Waals surface area contributed by atoms with Crippen LogP contribution in [0.15, 0.2) is 30.3 Å². The van der Waals surface area contributed by atoms with Crippen molar-refractivity contribution in [3.05, 3.63) is 35.9 Å². The molecule has 1 saturated heterocycles. The van der Waals surface area contributed by atoms with Crippen molar-refractivity contribution in [1.29, 1.82) is 0 Å². The number of carboxylic acid groups (broad SMARTS) is 1. The van der Waals surface area contributed by atoms with Crippen LogP contribution in [0.2, 0.25) is 0 Å². The SMILES string of the molecule is O=C(O)CC(CC1CCCC1)C(=O)N1C(=O)OCC1Cc1ccccc1. The van der Waals surface area contributed by atoms with Gasteiger partial charge in [0.05, 0.1) is 12.5 Å². The Balaban J connectivity index is 1.73. The summed E-state index contributed by atoms with van der Waals surface area (Å²) in [6, 6.07) is 9.24. The van der Waals surface area contributed by atoms with Gasteiger partial charge in [-0.05, 0) is 24.3 Å². The van der Waals surface area contributed by atoms with Crippen molar-refractivity contribution in [3.8, 4) is 0 Å². The van der Waals surface area contributed by atoms with E-state index in [0.717, 1.165) is 36.1 Å². The lowest BCUT2D eigenvalue weighted by Gasteiger charge is -2.25. The minimum atomic E-state index is -1.01. The molecule has 26 heavy (non-hydrogen) atoms. The van der Waals surface area contributed by atoms with Gasteiger partial charge < -0.3 is 9.84 Å². The van der Waals surface area contributed by atoms with Crippen molar-refractivity contribution in [2.45, 2.75) is 51.0 Å². The van der Waals surface area contributed by atoms with Crippen LogP contribution < -0.4 is 0 Å². The first kappa shape index (κ1) is 18.4. The maximum Gasteiger partial charge on any atom is 0.416 e. The fraction of sp³-hybridized carbons (Fsp3) is 0.550. The molecule has 0 aromatic heterocycles. The number of benzene rings is 1. The number of carbonyl (C=O) groups excluding carboxylic acids is 2. The molecule has 1 N–H and O–H groups in total. The number of hydrogen-bond donors (Lipinski definition) is 1. The lowest BCUT2D eigenvalue weighted by Crippen LogP contribution is -2.44. The molecular weight excluding hydrogens is 334 g/mol. The number of nitrogens with zero attached hydrogens (tertiary/aromatic N) is 1. The summed E-state index contributed by atoms with van der Waals surface area (Å²) in [6.07, 6.45) is 4.47. The van der Waals surface area contributed by atoms with Gasteiger partial charge in [0.15, 0.2) is 0 Å². The topological polar surface area (TPSA) is 83.9 Å². The number of hydrogen-bond acceptors (Lipinski definition) is 4. The maximum absolute atomic E-state index is 13.0. The smallest absolute Gasteiger partial charge is 0.416 e. The molecule has 3 rings (SSSR count). The highest BCUT2D eigenvalue weighted by atomic mass is 16.6. The molecule has 0 radical (unpaired) electrons. The van der Waals surface area contributed by atoms with Crippen LogP contribution in [0.25, 0.3) is 0 Å². The van der Waals surface area contributed by atoms with Crippen LogP contribution in [0.4, 0.5) is 4.79 Å². The zero-order chi connectivity index (χ0) is 18.5. The predicted octanol–water partition coefficient (Wildman–Crippen LogP) is 3.25. The molecule has 6 heteroatoms. The zero-order valence-electron chi connectivity index (χ0n) is 14.8. The van der Waals surface area contributed by atoms with E-state index in [4.69, 9.17) is 4.74 Å². The number of rotatable bonds is 7.